The Morgan fingerprint density at radius 3 is 2.94 bits per heavy atom. The van der Waals surface area contributed by atoms with Gasteiger partial charge in [0.05, 0.1) is 11.0 Å². The van der Waals surface area contributed by atoms with Gasteiger partial charge in [-0.2, -0.15) is 0 Å². The van der Waals surface area contributed by atoms with Crippen molar-refractivity contribution in [2.24, 2.45) is 7.05 Å². The number of hydrogen-bond donors (Lipinski definition) is 1. The van der Waals surface area contributed by atoms with Gasteiger partial charge in [0.25, 0.3) is 0 Å². The fraction of sp³-hybridized carbons (Fsp3) is 0.533. The molecule has 1 fully saturated rings. The summed E-state index contributed by atoms with van der Waals surface area (Å²) in [6.45, 7) is 5.52. The lowest BCUT2D eigenvalue weighted by Gasteiger charge is -2.10. The summed E-state index contributed by atoms with van der Waals surface area (Å²) >= 11 is 0. The van der Waals surface area contributed by atoms with Gasteiger partial charge in [0.15, 0.2) is 0 Å². The normalized spacial score (nSPS) is 19.8. The van der Waals surface area contributed by atoms with E-state index in [1.807, 2.05) is 0 Å². The summed E-state index contributed by atoms with van der Waals surface area (Å²) < 4.78 is 2.28. The van der Waals surface area contributed by atoms with Crippen LogP contribution in [0.2, 0.25) is 0 Å². The maximum Gasteiger partial charge on any atom is 0.111 e. The van der Waals surface area contributed by atoms with E-state index < -0.39 is 0 Å². The minimum absolute atomic E-state index is 0.613. The number of imidazole rings is 1. The zero-order valence-electron chi connectivity index (χ0n) is 11.5. The number of aryl methyl sites for hydroxylation is 3. The molecular weight excluding hydrogens is 222 g/mol. The first-order chi connectivity index (χ1) is 8.66. The van der Waals surface area contributed by atoms with E-state index in [1.54, 1.807) is 0 Å². The monoisotopic (exact) mass is 243 g/mol. The molecule has 1 N–H and O–H groups in total. The molecule has 1 aromatic carbocycles. The Kier molecular flexibility index (Phi) is 2.86. The molecule has 1 aromatic heterocycles. The van der Waals surface area contributed by atoms with Crippen molar-refractivity contribution in [3.05, 3.63) is 29.1 Å². The quantitative estimate of drug-likeness (QED) is 0.878. The molecule has 3 nitrogen and oxygen atoms in total. The van der Waals surface area contributed by atoms with E-state index in [4.69, 9.17) is 4.98 Å². The van der Waals surface area contributed by atoms with Crippen LogP contribution >= 0.6 is 0 Å². The van der Waals surface area contributed by atoms with Crippen molar-refractivity contribution in [1.82, 2.24) is 14.9 Å². The average molecular weight is 243 g/mol. The van der Waals surface area contributed by atoms with Gasteiger partial charge >= 0.3 is 0 Å². The van der Waals surface area contributed by atoms with Crippen LogP contribution in [0.15, 0.2) is 12.1 Å². The number of nitrogens with zero attached hydrogens (tertiary/aromatic N) is 2. The lowest BCUT2D eigenvalue weighted by atomic mass is 10.1. The molecule has 3 rings (SSSR count). The second-order valence-electron chi connectivity index (χ2n) is 5.46. The topological polar surface area (TPSA) is 29.9 Å². The Morgan fingerprint density at radius 1 is 1.39 bits per heavy atom. The van der Waals surface area contributed by atoms with Crippen molar-refractivity contribution in [3.63, 3.8) is 0 Å². The highest BCUT2D eigenvalue weighted by Crippen LogP contribution is 2.23. The molecule has 3 heteroatoms. The van der Waals surface area contributed by atoms with Gasteiger partial charge in [-0.25, -0.2) is 4.98 Å². The van der Waals surface area contributed by atoms with E-state index >= 15 is 0 Å². The molecule has 1 aliphatic heterocycles. The second-order valence-corrected chi connectivity index (χ2v) is 5.46. The standard InChI is InChI=1S/C15H21N3/c1-10-6-7-13-15(11(10)2)18(3)14(17-13)9-12-5-4-8-16-12/h6-7,12,16H,4-5,8-9H2,1-3H3. The second kappa shape index (κ2) is 4.39. The summed E-state index contributed by atoms with van der Waals surface area (Å²) in [5.74, 6) is 1.21. The summed E-state index contributed by atoms with van der Waals surface area (Å²) in [6.07, 6.45) is 3.62. The van der Waals surface area contributed by atoms with Gasteiger partial charge in [0, 0.05) is 19.5 Å². The van der Waals surface area contributed by atoms with Gasteiger partial charge in [-0.15, -0.1) is 0 Å². The third-order valence-electron chi connectivity index (χ3n) is 4.24. The molecule has 0 spiro atoms. The van der Waals surface area contributed by atoms with Gasteiger partial charge in [-0.1, -0.05) is 6.07 Å². The van der Waals surface area contributed by atoms with Gasteiger partial charge in [-0.3, -0.25) is 0 Å². The van der Waals surface area contributed by atoms with E-state index in [1.165, 1.54) is 35.3 Å². The molecule has 0 aliphatic carbocycles. The fourth-order valence-corrected chi connectivity index (χ4v) is 2.98. The summed E-state index contributed by atoms with van der Waals surface area (Å²) in [5.41, 5.74) is 5.13. The Bertz CT molecular complexity index is 577. The maximum atomic E-state index is 4.80. The van der Waals surface area contributed by atoms with Crippen LogP contribution in [-0.2, 0) is 13.5 Å². The lowest BCUT2D eigenvalue weighted by molar-refractivity contribution is 0.575. The minimum Gasteiger partial charge on any atom is -0.331 e. The smallest absolute Gasteiger partial charge is 0.111 e. The molecule has 2 aromatic rings. The summed E-state index contributed by atoms with van der Waals surface area (Å²) in [7, 11) is 2.14. The predicted molar refractivity (Wildman–Crippen MR) is 74.9 cm³/mol. The Labute approximate surface area is 108 Å². The van der Waals surface area contributed by atoms with Crippen LogP contribution in [0.1, 0.15) is 29.8 Å². The Hall–Kier alpha value is -1.35. The number of aromatic nitrogens is 2. The SMILES string of the molecule is Cc1ccc2nc(CC3CCCN3)n(C)c2c1C. The van der Waals surface area contributed by atoms with E-state index in [9.17, 15) is 0 Å². The molecule has 0 radical (unpaired) electrons. The molecule has 0 amide bonds. The van der Waals surface area contributed by atoms with Gasteiger partial charge < -0.3 is 9.88 Å². The van der Waals surface area contributed by atoms with Crippen LogP contribution in [0.25, 0.3) is 11.0 Å². The first kappa shape index (κ1) is 11.7. The molecule has 0 saturated carbocycles. The highest BCUT2D eigenvalue weighted by atomic mass is 15.1. The van der Waals surface area contributed by atoms with Gasteiger partial charge in [-0.05, 0) is 50.4 Å². The minimum atomic E-state index is 0.613. The van der Waals surface area contributed by atoms with Crippen molar-refractivity contribution in [2.45, 2.75) is 39.2 Å². The number of fused-ring (bicyclic) bond motifs is 1. The molecule has 1 unspecified atom stereocenters. The highest BCUT2D eigenvalue weighted by Gasteiger charge is 2.18. The van der Waals surface area contributed by atoms with Crippen molar-refractivity contribution in [2.75, 3.05) is 6.54 Å². The molecule has 1 atom stereocenters. The van der Waals surface area contributed by atoms with E-state index in [2.05, 4.69) is 42.9 Å². The molecule has 18 heavy (non-hydrogen) atoms. The molecule has 96 valence electrons. The van der Waals surface area contributed by atoms with Crippen LogP contribution < -0.4 is 5.32 Å². The maximum absolute atomic E-state index is 4.80. The summed E-state index contributed by atoms with van der Waals surface area (Å²) in [5, 5.41) is 3.55. The number of nitrogens with one attached hydrogen (secondary N) is 1. The van der Waals surface area contributed by atoms with Crippen molar-refractivity contribution < 1.29 is 0 Å². The van der Waals surface area contributed by atoms with Crippen LogP contribution in [0, 0.1) is 13.8 Å². The predicted octanol–water partition coefficient (Wildman–Crippen LogP) is 2.48. The fourth-order valence-electron chi connectivity index (χ4n) is 2.98. The first-order valence-corrected chi connectivity index (χ1v) is 6.81. The van der Waals surface area contributed by atoms with Crippen molar-refractivity contribution in [1.29, 1.82) is 0 Å². The lowest BCUT2D eigenvalue weighted by Crippen LogP contribution is -2.25. The molecule has 1 saturated heterocycles. The third kappa shape index (κ3) is 1.83. The summed E-state index contributed by atoms with van der Waals surface area (Å²) in [4.78, 5) is 4.80. The number of benzene rings is 1. The third-order valence-corrected chi connectivity index (χ3v) is 4.24. The van der Waals surface area contributed by atoms with Crippen LogP contribution in [0.3, 0.4) is 0 Å². The van der Waals surface area contributed by atoms with Crippen LogP contribution in [-0.4, -0.2) is 22.1 Å². The van der Waals surface area contributed by atoms with Crippen molar-refractivity contribution in [3.8, 4) is 0 Å². The van der Waals surface area contributed by atoms with E-state index in [-0.39, 0.29) is 0 Å². The summed E-state index contributed by atoms with van der Waals surface area (Å²) in [6, 6.07) is 4.92. The zero-order valence-corrected chi connectivity index (χ0v) is 11.5. The highest BCUT2D eigenvalue weighted by molar-refractivity contribution is 5.80. The van der Waals surface area contributed by atoms with Crippen molar-refractivity contribution >= 4 is 11.0 Å². The van der Waals surface area contributed by atoms with E-state index in [0.29, 0.717) is 6.04 Å². The molecule has 2 heterocycles. The largest absolute Gasteiger partial charge is 0.331 e. The molecule has 1 aliphatic rings. The Morgan fingerprint density at radius 2 is 2.22 bits per heavy atom. The number of hydrogen-bond acceptors (Lipinski definition) is 2. The van der Waals surface area contributed by atoms with Gasteiger partial charge in [0.1, 0.15) is 5.82 Å². The average Bonchev–Trinajstić information content (AvgIpc) is 2.95. The Balaban J connectivity index is 2.02. The number of rotatable bonds is 2. The van der Waals surface area contributed by atoms with Crippen LogP contribution in [0.5, 0.6) is 0 Å². The van der Waals surface area contributed by atoms with E-state index in [0.717, 1.165) is 18.5 Å². The molecular formula is C15H21N3. The van der Waals surface area contributed by atoms with Gasteiger partial charge in [0.2, 0.25) is 0 Å². The first-order valence-electron chi connectivity index (χ1n) is 6.81. The van der Waals surface area contributed by atoms with Crippen LogP contribution in [0.4, 0.5) is 0 Å². The zero-order chi connectivity index (χ0) is 12.7. The molecule has 0 bridgehead atoms.